The van der Waals surface area contributed by atoms with E-state index in [1.165, 1.54) is 0 Å². The van der Waals surface area contributed by atoms with Crippen molar-refractivity contribution in [2.24, 2.45) is 0 Å². The van der Waals surface area contributed by atoms with Gasteiger partial charge in [-0.15, -0.1) is 0 Å². The van der Waals surface area contributed by atoms with Gasteiger partial charge in [-0.3, -0.25) is 5.32 Å². The van der Waals surface area contributed by atoms with Gasteiger partial charge in [0, 0.05) is 4.47 Å². The second-order valence-corrected chi connectivity index (χ2v) is 3.98. The molecule has 0 aromatic heterocycles. The van der Waals surface area contributed by atoms with Gasteiger partial charge in [-0.05, 0) is 30.7 Å². The monoisotopic (exact) mass is 252 g/mol. The molecule has 0 aliphatic rings. The quantitative estimate of drug-likeness (QED) is 0.895. The molecule has 0 aliphatic carbocycles. The summed E-state index contributed by atoms with van der Waals surface area (Å²) in [6.07, 6.45) is 1.04. The summed E-state index contributed by atoms with van der Waals surface area (Å²) in [5.74, 6) is 0. The third-order valence-corrected chi connectivity index (χ3v) is 2.46. The first-order valence-electron chi connectivity index (χ1n) is 4.66. The third kappa shape index (κ3) is 3.13. The first kappa shape index (κ1) is 11.2. The largest absolute Gasteiger partial charge is 0.298 e. The van der Waals surface area contributed by atoms with Crippen LogP contribution < -0.4 is 5.32 Å². The van der Waals surface area contributed by atoms with Gasteiger partial charge in [0.05, 0.1) is 6.07 Å². The van der Waals surface area contributed by atoms with Crippen LogP contribution in [0.15, 0.2) is 28.7 Å². The highest BCUT2D eigenvalue weighted by Crippen LogP contribution is 2.16. The van der Waals surface area contributed by atoms with Crippen LogP contribution in [0.1, 0.15) is 24.9 Å². The van der Waals surface area contributed by atoms with Crippen molar-refractivity contribution in [1.82, 2.24) is 5.32 Å². The number of rotatable bonds is 4. The minimum atomic E-state index is -0.192. The van der Waals surface area contributed by atoms with Crippen LogP contribution in [0.3, 0.4) is 0 Å². The molecular formula is C11H13BrN2. The fraction of sp³-hybridized carbons (Fsp3) is 0.364. The lowest BCUT2D eigenvalue weighted by atomic mass is 10.1. The zero-order chi connectivity index (χ0) is 10.4. The molecule has 1 atom stereocenters. The molecule has 1 N–H and O–H groups in total. The van der Waals surface area contributed by atoms with Gasteiger partial charge in [-0.2, -0.15) is 5.26 Å². The molecule has 14 heavy (non-hydrogen) atoms. The van der Waals surface area contributed by atoms with E-state index in [1.807, 2.05) is 24.3 Å². The zero-order valence-corrected chi connectivity index (χ0v) is 9.71. The highest BCUT2D eigenvalue weighted by atomic mass is 79.9. The summed E-state index contributed by atoms with van der Waals surface area (Å²) in [4.78, 5) is 0. The molecular weight excluding hydrogens is 240 g/mol. The maximum absolute atomic E-state index is 8.95. The van der Waals surface area contributed by atoms with E-state index in [9.17, 15) is 0 Å². The molecule has 74 valence electrons. The Labute approximate surface area is 93.1 Å². The van der Waals surface area contributed by atoms with Crippen molar-refractivity contribution in [2.45, 2.75) is 19.4 Å². The fourth-order valence-electron chi connectivity index (χ4n) is 1.18. The second kappa shape index (κ2) is 5.79. The molecule has 2 nitrogen and oxygen atoms in total. The standard InChI is InChI=1S/C11H13BrN2/c1-2-7-14-11(8-13)9-3-5-10(12)6-4-9/h3-6,11,14H,2,7H2,1H3. The highest BCUT2D eigenvalue weighted by molar-refractivity contribution is 9.10. The summed E-state index contributed by atoms with van der Waals surface area (Å²) in [5.41, 5.74) is 1.02. The number of benzene rings is 1. The van der Waals surface area contributed by atoms with Crippen LogP contribution in [-0.4, -0.2) is 6.54 Å². The highest BCUT2D eigenvalue weighted by Gasteiger charge is 2.07. The summed E-state index contributed by atoms with van der Waals surface area (Å²) in [6.45, 7) is 2.96. The summed E-state index contributed by atoms with van der Waals surface area (Å²) < 4.78 is 1.04. The minimum Gasteiger partial charge on any atom is -0.298 e. The molecule has 0 bridgehead atoms. The van der Waals surface area contributed by atoms with Crippen LogP contribution in [0.5, 0.6) is 0 Å². The predicted octanol–water partition coefficient (Wildman–Crippen LogP) is 3.01. The minimum absolute atomic E-state index is 0.192. The van der Waals surface area contributed by atoms with Crippen LogP contribution in [0, 0.1) is 11.3 Å². The Kier molecular flexibility index (Phi) is 4.64. The number of halogens is 1. The SMILES string of the molecule is CCCNC(C#N)c1ccc(Br)cc1. The summed E-state index contributed by atoms with van der Waals surface area (Å²) in [7, 11) is 0. The van der Waals surface area contributed by atoms with Gasteiger partial charge in [-0.1, -0.05) is 35.0 Å². The molecule has 3 heteroatoms. The lowest BCUT2D eigenvalue weighted by molar-refractivity contribution is 0.621. The van der Waals surface area contributed by atoms with E-state index in [0.717, 1.165) is 23.0 Å². The van der Waals surface area contributed by atoms with Gasteiger partial charge >= 0.3 is 0 Å². The Morgan fingerprint density at radius 3 is 2.57 bits per heavy atom. The van der Waals surface area contributed by atoms with Gasteiger partial charge in [0.15, 0.2) is 0 Å². The van der Waals surface area contributed by atoms with Crippen LogP contribution in [0.2, 0.25) is 0 Å². The van der Waals surface area contributed by atoms with E-state index < -0.39 is 0 Å². The van der Waals surface area contributed by atoms with Crippen LogP contribution in [0.4, 0.5) is 0 Å². The van der Waals surface area contributed by atoms with E-state index >= 15 is 0 Å². The number of nitrogens with zero attached hydrogens (tertiary/aromatic N) is 1. The molecule has 0 amide bonds. The van der Waals surface area contributed by atoms with Gasteiger partial charge in [0.2, 0.25) is 0 Å². The van der Waals surface area contributed by atoms with Crippen molar-refractivity contribution < 1.29 is 0 Å². The van der Waals surface area contributed by atoms with Crippen LogP contribution in [0.25, 0.3) is 0 Å². The third-order valence-electron chi connectivity index (χ3n) is 1.93. The Balaban J connectivity index is 2.70. The maximum atomic E-state index is 8.95. The van der Waals surface area contributed by atoms with Gasteiger partial charge in [0.25, 0.3) is 0 Å². The maximum Gasteiger partial charge on any atom is 0.121 e. The molecule has 0 spiro atoms. The molecule has 1 unspecified atom stereocenters. The van der Waals surface area contributed by atoms with E-state index in [2.05, 4.69) is 34.2 Å². The van der Waals surface area contributed by atoms with Crippen molar-refractivity contribution in [2.75, 3.05) is 6.54 Å². The predicted molar refractivity (Wildman–Crippen MR) is 60.8 cm³/mol. The second-order valence-electron chi connectivity index (χ2n) is 3.07. The van der Waals surface area contributed by atoms with Crippen molar-refractivity contribution >= 4 is 15.9 Å². The van der Waals surface area contributed by atoms with Gasteiger partial charge < -0.3 is 0 Å². The molecule has 1 rings (SSSR count). The van der Waals surface area contributed by atoms with Crippen molar-refractivity contribution in [1.29, 1.82) is 5.26 Å². The Bertz CT molecular complexity index is 313. The first-order chi connectivity index (χ1) is 6.77. The lowest BCUT2D eigenvalue weighted by Gasteiger charge is -2.10. The van der Waals surface area contributed by atoms with Crippen LogP contribution in [-0.2, 0) is 0 Å². The summed E-state index contributed by atoms with van der Waals surface area (Å²) >= 11 is 3.37. The molecule has 0 saturated heterocycles. The van der Waals surface area contributed by atoms with E-state index in [-0.39, 0.29) is 6.04 Å². The molecule has 0 heterocycles. The van der Waals surface area contributed by atoms with Crippen molar-refractivity contribution in [3.63, 3.8) is 0 Å². The average Bonchev–Trinajstić information content (AvgIpc) is 2.21. The van der Waals surface area contributed by atoms with Crippen LogP contribution >= 0.6 is 15.9 Å². The number of nitrogens with one attached hydrogen (secondary N) is 1. The Morgan fingerprint density at radius 2 is 2.07 bits per heavy atom. The number of nitriles is 1. The first-order valence-corrected chi connectivity index (χ1v) is 5.45. The fourth-order valence-corrected chi connectivity index (χ4v) is 1.45. The van der Waals surface area contributed by atoms with Gasteiger partial charge in [0.1, 0.15) is 6.04 Å². The molecule has 0 fully saturated rings. The molecule has 0 radical (unpaired) electrons. The van der Waals surface area contributed by atoms with Crippen molar-refractivity contribution in [3.8, 4) is 6.07 Å². The number of hydrogen-bond acceptors (Lipinski definition) is 2. The normalized spacial score (nSPS) is 12.1. The topological polar surface area (TPSA) is 35.8 Å². The summed E-state index contributed by atoms with van der Waals surface area (Å²) in [5, 5.41) is 12.1. The molecule has 1 aromatic carbocycles. The Morgan fingerprint density at radius 1 is 1.43 bits per heavy atom. The van der Waals surface area contributed by atoms with Crippen molar-refractivity contribution in [3.05, 3.63) is 34.3 Å². The van der Waals surface area contributed by atoms with E-state index in [1.54, 1.807) is 0 Å². The molecule has 1 aromatic rings. The smallest absolute Gasteiger partial charge is 0.121 e. The van der Waals surface area contributed by atoms with E-state index in [4.69, 9.17) is 5.26 Å². The lowest BCUT2D eigenvalue weighted by Crippen LogP contribution is -2.20. The molecule has 0 aliphatic heterocycles. The Hall–Kier alpha value is -0.850. The molecule has 0 saturated carbocycles. The van der Waals surface area contributed by atoms with Gasteiger partial charge in [-0.25, -0.2) is 0 Å². The van der Waals surface area contributed by atoms with E-state index in [0.29, 0.717) is 0 Å². The number of hydrogen-bond donors (Lipinski definition) is 1. The average molecular weight is 253 g/mol. The zero-order valence-electron chi connectivity index (χ0n) is 8.13. The summed E-state index contributed by atoms with van der Waals surface area (Å²) in [6, 6.07) is 9.88.